The second-order valence-electron chi connectivity index (χ2n) is 8.02. The van der Waals surface area contributed by atoms with Crippen molar-refractivity contribution in [3.05, 3.63) is 65.9 Å². The Kier molecular flexibility index (Phi) is 4.99. The van der Waals surface area contributed by atoms with Gasteiger partial charge in [-0.25, -0.2) is 9.37 Å². The number of halogens is 1. The van der Waals surface area contributed by atoms with E-state index < -0.39 is 11.7 Å². The minimum atomic E-state index is -0.610. The maximum Gasteiger partial charge on any atom is 0.259 e. The number of hydrogen-bond acceptors (Lipinski definition) is 4. The molecular weight excluding hydrogens is 395 g/mol. The minimum absolute atomic E-state index is 0.0450. The smallest absolute Gasteiger partial charge is 0.259 e. The molecule has 1 saturated heterocycles. The standard InChI is InChI=1S/C23H23FN6O/c1-14-3-2-8-30(14)13-17-9-16-12-25-22(11-21(16)27-17)28-23(31)18-5-4-15(10-19(18)24)20-6-7-26-29-20/h4-7,9-12,14,27H,2-3,8,13H2,1H3,(H,26,29)(H,25,28,31)/t14-/m0/s1. The molecule has 0 unspecified atom stereocenters. The number of nitrogens with zero attached hydrogens (tertiary/aromatic N) is 3. The molecule has 1 amide bonds. The first kappa shape index (κ1) is 19.4. The van der Waals surface area contributed by atoms with Gasteiger partial charge in [-0.2, -0.15) is 5.10 Å². The van der Waals surface area contributed by atoms with Crippen molar-refractivity contribution >= 4 is 22.6 Å². The van der Waals surface area contributed by atoms with Crippen molar-refractivity contribution in [2.45, 2.75) is 32.4 Å². The number of rotatable bonds is 5. The lowest BCUT2D eigenvalue weighted by Crippen LogP contribution is -2.26. The molecule has 8 heteroatoms. The van der Waals surface area contributed by atoms with E-state index in [9.17, 15) is 9.18 Å². The first-order valence-electron chi connectivity index (χ1n) is 10.4. The molecule has 31 heavy (non-hydrogen) atoms. The van der Waals surface area contributed by atoms with E-state index >= 15 is 0 Å². The zero-order chi connectivity index (χ0) is 21.4. The van der Waals surface area contributed by atoms with Crippen LogP contribution in [0.1, 0.15) is 35.8 Å². The molecule has 1 aromatic carbocycles. The number of nitrogens with one attached hydrogen (secondary N) is 3. The number of aromatic nitrogens is 4. The summed E-state index contributed by atoms with van der Waals surface area (Å²) in [4.78, 5) is 22.8. The van der Waals surface area contributed by atoms with Crippen LogP contribution < -0.4 is 5.32 Å². The SMILES string of the molecule is C[C@H]1CCCN1Cc1cc2cnc(NC(=O)c3ccc(-c4cc[nH]n4)cc3F)cc2[nH]1. The monoisotopic (exact) mass is 418 g/mol. The molecule has 0 bridgehead atoms. The summed E-state index contributed by atoms with van der Waals surface area (Å²) in [7, 11) is 0. The van der Waals surface area contributed by atoms with Crippen LogP contribution in [0.4, 0.5) is 10.2 Å². The van der Waals surface area contributed by atoms with E-state index in [-0.39, 0.29) is 5.56 Å². The van der Waals surface area contributed by atoms with Crippen molar-refractivity contribution in [2.24, 2.45) is 0 Å². The predicted octanol–water partition coefficient (Wildman–Crippen LogP) is 4.33. The molecule has 3 aromatic heterocycles. The van der Waals surface area contributed by atoms with Crippen LogP contribution in [0, 0.1) is 5.82 Å². The fourth-order valence-corrected chi connectivity index (χ4v) is 4.15. The van der Waals surface area contributed by atoms with Gasteiger partial charge in [0.2, 0.25) is 0 Å². The second kappa shape index (κ2) is 7.96. The normalized spacial score (nSPS) is 16.8. The summed E-state index contributed by atoms with van der Waals surface area (Å²) in [6.07, 6.45) is 5.85. The Morgan fingerprint density at radius 2 is 2.19 bits per heavy atom. The quantitative estimate of drug-likeness (QED) is 0.450. The zero-order valence-electron chi connectivity index (χ0n) is 17.2. The van der Waals surface area contributed by atoms with E-state index in [0.29, 0.717) is 23.1 Å². The van der Waals surface area contributed by atoms with Gasteiger partial charge in [0.15, 0.2) is 0 Å². The number of carbonyl (C=O) groups excluding carboxylic acids is 1. The van der Waals surface area contributed by atoms with Crippen molar-refractivity contribution in [3.63, 3.8) is 0 Å². The van der Waals surface area contributed by atoms with Crippen LogP contribution >= 0.6 is 0 Å². The van der Waals surface area contributed by atoms with Gasteiger partial charge in [0.25, 0.3) is 5.91 Å². The van der Waals surface area contributed by atoms with Crippen LogP contribution in [0.3, 0.4) is 0 Å². The molecule has 0 spiro atoms. The molecule has 4 heterocycles. The molecule has 7 nitrogen and oxygen atoms in total. The number of amides is 1. The highest BCUT2D eigenvalue weighted by molar-refractivity contribution is 6.04. The number of likely N-dealkylation sites (tertiary alicyclic amines) is 1. The van der Waals surface area contributed by atoms with E-state index in [1.165, 1.54) is 25.0 Å². The molecule has 1 aliphatic rings. The van der Waals surface area contributed by atoms with Crippen molar-refractivity contribution in [2.75, 3.05) is 11.9 Å². The first-order valence-corrected chi connectivity index (χ1v) is 10.4. The average molecular weight is 418 g/mol. The van der Waals surface area contributed by atoms with Crippen LogP contribution in [-0.4, -0.2) is 43.6 Å². The average Bonchev–Trinajstić information content (AvgIpc) is 3.49. The van der Waals surface area contributed by atoms with E-state index in [1.54, 1.807) is 30.6 Å². The van der Waals surface area contributed by atoms with Gasteiger partial charge in [0.05, 0.1) is 16.8 Å². The lowest BCUT2D eigenvalue weighted by Gasteiger charge is -2.19. The molecule has 1 aliphatic heterocycles. The van der Waals surface area contributed by atoms with Crippen molar-refractivity contribution in [1.29, 1.82) is 0 Å². The van der Waals surface area contributed by atoms with Crippen LogP contribution in [0.15, 0.2) is 48.8 Å². The lowest BCUT2D eigenvalue weighted by atomic mass is 10.1. The van der Waals surface area contributed by atoms with Crippen LogP contribution in [0.5, 0.6) is 0 Å². The minimum Gasteiger partial charge on any atom is -0.357 e. The zero-order valence-corrected chi connectivity index (χ0v) is 17.2. The summed E-state index contributed by atoms with van der Waals surface area (Å²) in [5, 5.41) is 10.4. The number of fused-ring (bicyclic) bond motifs is 1. The van der Waals surface area contributed by atoms with E-state index in [4.69, 9.17) is 0 Å². The van der Waals surface area contributed by atoms with Crippen LogP contribution in [0.2, 0.25) is 0 Å². The van der Waals surface area contributed by atoms with Crippen LogP contribution in [-0.2, 0) is 6.54 Å². The van der Waals surface area contributed by atoms with Gasteiger partial charge in [-0.3, -0.25) is 14.8 Å². The number of benzene rings is 1. The fraction of sp³-hybridized carbons (Fsp3) is 0.261. The number of aromatic amines is 2. The Morgan fingerprint density at radius 1 is 1.29 bits per heavy atom. The predicted molar refractivity (Wildman–Crippen MR) is 117 cm³/mol. The highest BCUT2D eigenvalue weighted by Crippen LogP contribution is 2.24. The summed E-state index contributed by atoms with van der Waals surface area (Å²) >= 11 is 0. The van der Waals surface area contributed by atoms with E-state index in [1.807, 2.05) is 0 Å². The number of hydrogen-bond donors (Lipinski definition) is 3. The van der Waals surface area contributed by atoms with Gasteiger partial charge in [0, 0.05) is 47.7 Å². The largest absolute Gasteiger partial charge is 0.357 e. The van der Waals surface area contributed by atoms with Gasteiger partial charge in [0.1, 0.15) is 11.6 Å². The van der Waals surface area contributed by atoms with Gasteiger partial charge >= 0.3 is 0 Å². The van der Waals surface area contributed by atoms with E-state index in [0.717, 1.165) is 29.7 Å². The molecule has 4 aromatic rings. The molecule has 5 rings (SSSR count). The molecule has 3 N–H and O–H groups in total. The fourth-order valence-electron chi connectivity index (χ4n) is 4.15. The van der Waals surface area contributed by atoms with Crippen LogP contribution in [0.25, 0.3) is 22.2 Å². The Bertz CT molecular complexity index is 1230. The summed E-state index contributed by atoms with van der Waals surface area (Å²) < 4.78 is 14.5. The Labute approximate surface area is 178 Å². The number of anilines is 1. The third-order valence-corrected chi connectivity index (χ3v) is 5.88. The number of pyridine rings is 1. The van der Waals surface area contributed by atoms with Crippen molar-refractivity contribution in [3.8, 4) is 11.3 Å². The number of H-pyrrole nitrogens is 2. The van der Waals surface area contributed by atoms with Crippen molar-refractivity contribution in [1.82, 2.24) is 25.1 Å². The van der Waals surface area contributed by atoms with E-state index in [2.05, 4.69) is 43.4 Å². The topological polar surface area (TPSA) is 89.7 Å². The first-order chi connectivity index (χ1) is 15.1. The highest BCUT2D eigenvalue weighted by atomic mass is 19.1. The summed E-state index contributed by atoms with van der Waals surface area (Å²) in [6.45, 7) is 4.23. The Balaban J connectivity index is 1.32. The van der Waals surface area contributed by atoms with Gasteiger partial charge in [-0.1, -0.05) is 6.07 Å². The lowest BCUT2D eigenvalue weighted by molar-refractivity contribution is 0.102. The second-order valence-corrected chi connectivity index (χ2v) is 8.02. The Hall–Kier alpha value is -3.52. The van der Waals surface area contributed by atoms with Gasteiger partial charge in [-0.05, 0) is 50.6 Å². The maximum absolute atomic E-state index is 14.5. The molecule has 0 radical (unpaired) electrons. The summed E-state index contributed by atoms with van der Waals surface area (Å²) in [5.41, 5.74) is 3.18. The highest BCUT2D eigenvalue weighted by Gasteiger charge is 2.21. The Morgan fingerprint density at radius 3 is 2.94 bits per heavy atom. The molecule has 1 atom stereocenters. The summed E-state index contributed by atoms with van der Waals surface area (Å²) in [6, 6.07) is 10.6. The molecule has 1 fully saturated rings. The number of carbonyl (C=O) groups is 1. The van der Waals surface area contributed by atoms with Gasteiger partial charge in [-0.15, -0.1) is 0 Å². The van der Waals surface area contributed by atoms with Gasteiger partial charge < -0.3 is 10.3 Å². The molecular formula is C23H23FN6O. The molecule has 0 saturated carbocycles. The van der Waals surface area contributed by atoms with Crippen molar-refractivity contribution < 1.29 is 9.18 Å². The third-order valence-electron chi connectivity index (χ3n) is 5.88. The molecule has 158 valence electrons. The third kappa shape index (κ3) is 3.94. The maximum atomic E-state index is 14.5. The summed E-state index contributed by atoms with van der Waals surface area (Å²) in [5.74, 6) is -0.784. The molecule has 0 aliphatic carbocycles.